The number of allylic oxidation sites excluding steroid dienone is 5. The van der Waals surface area contributed by atoms with Gasteiger partial charge in [0.2, 0.25) is 0 Å². The van der Waals surface area contributed by atoms with Gasteiger partial charge in [-0.15, -0.1) is 0 Å². The molecule has 0 spiro atoms. The summed E-state index contributed by atoms with van der Waals surface area (Å²) in [5.41, 5.74) is 2.94. The van der Waals surface area contributed by atoms with E-state index in [0.717, 1.165) is 12.0 Å². The Kier molecular flexibility index (Phi) is 4.92. The van der Waals surface area contributed by atoms with Crippen molar-refractivity contribution in [3.63, 3.8) is 0 Å². The van der Waals surface area contributed by atoms with E-state index in [2.05, 4.69) is 0 Å². The summed E-state index contributed by atoms with van der Waals surface area (Å²) >= 11 is 0. The van der Waals surface area contributed by atoms with Crippen LogP contribution in [0.1, 0.15) is 27.2 Å². The number of hydrogen-bond acceptors (Lipinski definition) is 4. The van der Waals surface area contributed by atoms with Crippen molar-refractivity contribution in [1.29, 1.82) is 0 Å². The second-order valence-corrected chi connectivity index (χ2v) is 4.94. The molecule has 0 aliphatic heterocycles. The minimum Gasteiger partial charge on any atom is -0.456 e. The summed E-state index contributed by atoms with van der Waals surface area (Å²) in [6.45, 7) is 5.51. The van der Waals surface area contributed by atoms with Crippen LogP contribution in [0.4, 0.5) is 0 Å². The lowest BCUT2D eigenvalue weighted by atomic mass is 10.0. The SMILES string of the molecule is CC(C)(C)OC(=O)C1=C/C(=C/C=C\NO)CC=C1. The first-order valence-corrected chi connectivity index (χ1v) is 5.79. The molecule has 98 valence electrons. The molecule has 0 aromatic rings. The Morgan fingerprint density at radius 1 is 1.50 bits per heavy atom. The van der Waals surface area contributed by atoms with Gasteiger partial charge in [0.25, 0.3) is 0 Å². The van der Waals surface area contributed by atoms with Crippen LogP contribution in [-0.2, 0) is 9.53 Å². The molecule has 0 radical (unpaired) electrons. The maximum Gasteiger partial charge on any atom is 0.338 e. The van der Waals surface area contributed by atoms with Gasteiger partial charge in [0.05, 0.1) is 5.57 Å². The summed E-state index contributed by atoms with van der Waals surface area (Å²) in [6.07, 6.45) is 11.1. The zero-order chi connectivity index (χ0) is 13.6. The molecular formula is C14H19NO3. The van der Waals surface area contributed by atoms with Crippen molar-refractivity contribution < 1.29 is 14.7 Å². The van der Waals surface area contributed by atoms with E-state index in [0.29, 0.717) is 5.57 Å². The molecule has 2 N–H and O–H groups in total. The van der Waals surface area contributed by atoms with Gasteiger partial charge >= 0.3 is 5.97 Å². The number of esters is 1. The molecule has 4 heteroatoms. The summed E-state index contributed by atoms with van der Waals surface area (Å²) in [7, 11) is 0. The van der Waals surface area contributed by atoms with Crippen molar-refractivity contribution in [2.45, 2.75) is 32.8 Å². The third-order valence-corrected chi connectivity index (χ3v) is 2.11. The predicted octanol–water partition coefficient (Wildman–Crippen LogP) is 2.63. The van der Waals surface area contributed by atoms with E-state index >= 15 is 0 Å². The average molecular weight is 249 g/mol. The number of hydrogen-bond donors (Lipinski definition) is 2. The summed E-state index contributed by atoms with van der Waals surface area (Å²) in [6, 6.07) is 0. The van der Waals surface area contributed by atoms with E-state index in [-0.39, 0.29) is 5.97 Å². The van der Waals surface area contributed by atoms with Crippen molar-refractivity contribution in [1.82, 2.24) is 5.48 Å². The molecule has 0 aromatic heterocycles. The molecule has 0 saturated heterocycles. The van der Waals surface area contributed by atoms with Crippen LogP contribution in [0.2, 0.25) is 0 Å². The maximum absolute atomic E-state index is 11.8. The van der Waals surface area contributed by atoms with E-state index < -0.39 is 5.60 Å². The highest BCUT2D eigenvalue weighted by molar-refractivity contribution is 5.92. The average Bonchev–Trinajstić information content (AvgIpc) is 2.27. The second-order valence-electron chi connectivity index (χ2n) is 4.94. The largest absolute Gasteiger partial charge is 0.456 e. The summed E-state index contributed by atoms with van der Waals surface area (Å²) < 4.78 is 5.30. The normalized spacial score (nSPS) is 18.0. The van der Waals surface area contributed by atoms with Gasteiger partial charge in [-0.1, -0.05) is 18.2 Å². The van der Waals surface area contributed by atoms with Crippen LogP contribution in [0.15, 0.2) is 47.7 Å². The number of hydroxylamine groups is 1. The molecular weight excluding hydrogens is 230 g/mol. The number of nitrogens with one attached hydrogen (secondary N) is 1. The zero-order valence-electron chi connectivity index (χ0n) is 10.9. The van der Waals surface area contributed by atoms with Gasteiger partial charge in [-0.25, -0.2) is 4.79 Å². The van der Waals surface area contributed by atoms with Gasteiger partial charge in [-0.2, -0.15) is 0 Å². The number of rotatable bonds is 3. The fraction of sp³-hybridized carbons (Fsp3) is 0.357. The summed E-state index contributed by atoms with van der Waals surface area (Å²) in [4.78, 5) is 11.8. The first kappa shape index (κ1) is 14.3. The van der Waals surface area contributed by atoms with Crippen LogP contribution >= 0.6 is 0 Å². The molecule has 1 aliphatic carbocycles. The quantitative estimate of drug-likeness (QED) is 0.596. The summed E-state index contributed by atoms with van der Waals surface area (Å²) in [5, 5.41) is 8.39. The highest BCUT2D eigenvalue weighted by Gasteiger charge is 2.19. The van der Waals surface area contributed by atoms with Crippen LogP contribution in [0.5, 0.6) is 0 Å². The van der Waals surface area contributed by atoms with Crippen molar-refractivity contribution in [3.8, 4) is 0 Å². The molecule has 0 heterocycles. The van der Waals surface area contributed by atoms with Crippen molar-refractivity contribution in [2.24, 2.45) is 0 Å². The monoisotopic (exact) mass is 249 g/mol. The zero-order valence-corrected chi connectivity index (χ0v) is 10.9. The predicted molar refractivity (Wildman–Crippen MR) is 69.8 cm³/mol. The Hall–Kier alpha value is -1.81. The summed E-state index contributed by atoms with van der Waals surface area (Å²) in [5.74, 6) is -0.325. The van der Waals surface area contributed by atoms with Crippen LogP contribution in [0.25, 0.3) is 0 Å². The third-order valence-electron chi connectivity index (χ3n) is 2.11. The highest BCUT2D eigenvalue weighted by atomic mass is 16.6. The van der Waals surface area contributed by atoms with Crippen molar-refractivity contribution in [2.75, 3.05) is 0 Å². The van der Waals surface area contributed by atoms with Crippen LogP contribution in [-0.4, -0.2) is 16.8 Å². The lowest BCUT2D eigenvalue weighted by Crippen LogP contribution is -2.24. The minimum absolute atomic E-state index is 0.325. The van der Waals surface area contributed by atoms with Gasteiger partial charge < -0.3 is 4.74 Å². The van der Waals surface area contributed by atoms with Gasteiger partial charge in [0.1, 0.15) is 5.60 Å². The first-order chi connectivity index (χ1) is 8.42. The molecule has 18 heavy (non-hydrogen) atoms. The molecule has 0 aromatic carbocycles. The van der Waals surface area contributed by atoms with Crippen molar-refractivity contribution in [3.05, 3.63) is 47.7 Å². The fourth-order valence-electron chi connectivity index (χ4n) is 1.42. The Labute approximate surface area is 107 Å². The smallest absolute Gasteiger partial charge is 0.338 e. The minimum atomic E-state index is -0.492. The Balaban J connectivity index is 2.76. The topological polar surface area (TPSA) is 58.6 Å². The standard InChI is InChI=1S/C14H19NO3/c1-14(2,3)18-13(16)12-8-4-6-11(10-12)7-5-9-15-17/h4-5,7-10,15,17H,6H2,1-3H3/b9-5-,11-7+. The van der Waals surface area contributed by atoms with E-state index in [4.69, 9.17) is 9.94 Å². The number of ether oxygens (including phenoxy) is 1. The van der Waals surface area contributed by atoms with Gasteiger partial charge in [-0.3, -0.25) is 10.7 Å². The number of carbonyl (C=O) groups is 1. The Morgan fingerprint density at radius 2 is 2.22 bits per heavy atom. The third kappa shape index (κ3) is 5.01. The molecule has 0 bridgehead atoms. The lowest BCUT2D eigenvalue weighted by molar-refractivity contribution is -0.149. The molecule has 1 rings (SSSR count). The molecule has 0 unspecified atom stereocenters. The molecule has 0 saturated carbocycles. The Bertz CT molecular complexity index is 423. The molecule has 1 aliphatic rings. The first-order valence-electron chi connectivity index (χ1n) is 5.79. The van der Waals surface area contributed by atoms with Gasteiger partial charge in [0, 0.05) is 6.20 Å². The maximum atomic E-state index is 11.8. The fourth-order valence-corrected chi connectivity index (χ4v) is 1.42. The van der Waals surface area contributed by atoms with E-state index in [1.165, 1.54) is 6.20 Å². The van der Waals surface area contributed by atoms with Gasteiger partial charge in [0.15, 0.2) is 0 Å². The van der Waals surface area contributed by atoms with E-state index in [9.17, 15) is 4.79 Å². The molecule has 0 amide bonds. The van der Waals surface area contributed by atoms with E-state index in [1.54, 1.807) is 18.2 Å². The Morgan fingerprint density at radius 3 is 2.83 bits per heavy atom. The van der Waals surface area contributed by atoms with E-state index in [1.807, 2.05) is 38.4 Å². The number of carbonyl (C=O) groups excluding carboxylic acids is 1. The van der Waals surface area contributed by atoms with Crippen LogP contribution < -0.4 is 5.48 Å². The van der Waals surface area contributed by atoms with Crippen LogP contribution in [0, 0.1) is 0 Å². The molecule has 4 nitrogen and oxygen atoms in total. The van der Waals surface area contributed by atoms with Crippen LogP contribution in [0.3, 0.4) is 0 Å². The molecule has 0 atom stereocenters. The highest BCUT2D eigenvalue weighted by Crippen LogP contribution is 2.19. The van der Waals surface area contributed by atoms with Crippen molar-refractivity contribution >= 4 is 5.97 Å². The van der Waals surface area contributed by atoms with Gasteiger partial charge in [-0.05, 0) is 44.9 Å². The molecule has 0 fully saturated rings. The second kappa shape index (κ2) is 6.21. The lowest BCUT2D eigenvalue weighted by Gasteiger charge is -2.20.